The van der Waals surface area contributed by atoms with E-state index < -0.39 is 5.97 Å². The average Bonchev–Trinajstić information content (AvgIpc) is 2.99. The molecular weight excluding hydrogens is 354 g/mol. The first-order valence-electron chi connectivity index (χ1n) is 10.9. The second-order valence-electron chi connectivity index (χ2n) is 10.0. The van der Waals surface area contributed by atoms with Crippen LogP contribution in [0.4, 0.5) is 0 Å². The first-order valence-corrected chi connectivity index (χ1v) is 10.9. The van der Waals surface area contributed by atoms with E-state index in [1.165, 1.54) is 31.3 Å². The largest absolute Gasteiger partial charge is 0.479 e. The molecule has 4 aliphatic carbocycles. The SMILES string of the molecule is CC(=O)[C@H]1CCC2C3CCC4=C/C(=N\OCC(=O)O)CC[C@]4(C)C3CC[C@@]21C. The first-order chi connectivity index (χ1) is 13.3. The molecule has 4 aliphatic rings. The normalized spacial score (nSPS) is 43.5. The number of nitrogens with zero attached hydrogens (tertiary/aromatic N) is 1. The van der Waals surface area contributed by atoms with Crippen molar-refractivity contribution in [1.82, 2.24) is 0 Å². The van der Waals surface area contributed by atoms with Crippen molar-refractivity contribution < 1.29 is 19.5 Å². The summed E-state index contributed by atoms with van der Waals surface area (Å²) in [6.45, 7) is 6.24. The first kappa shape index (κ1) is 19.7. The molecule has 0 aliphatic heterocycles. The lowest BCUT2D eigenvalue weighted by atomic mass is 9.46. The Hall–Kier alpha value is -1.65. The highest BCUT2D eigenvalue weighted by molar-refractivity contribution is 5.96. The number of carboxylic acids is 1. The molecule has 0 aromatic rings. The van der Waals surface area contributed by atoms with Crippen LogP contribution in [0.15, 0.2) is 16.8 Å². The van der Waals surface area contributed by atoms with E-state index in [2.05, 4.69) is 25.1 Å². The fourth-order valence-corrected chi connectivity index (χ4v) is 7.48. The number of oxime groups is 1. The highest BCUT2D eigenvalue weighted by Crippen LogP contribution is 2.66. The predicted octanol–water partition coefficient (Wildman–Crippen LogP) is 4.61. The minimum Gasteiger partial charge on any atom is -0.479 e. The lowest BCUT2D eigenvalue weighted by Crippen LogP contribution is -2.51. The second-order valence-corrected chi connectivity index (χ2v) is 10.0. The smallest absolute Gasteiger partial charge is 0.344 e. The van der Waals surface area contributed by atoms with Gasteiger partial charge in [0.1, 0.15) is 5.78 Å². The van der Waals surface area contributed by atoms with Crippen LogP contribution in [0.3, 0.4) is 0 Å². The van der Waals surface area contributed by atoms with Crippen LogP contribution in [0, 0.1) is 34.5 Å². The molecule has 154 valence electrons. The minimum atomic E-state index is -0.996. The fraction of sp³-hybridized carbons (Fsp3) is 0.783. The summed E-state index contributed by atoms with van der Waals surface area (Å²) in [7, 11) is 0. The Balaban J connectivity index is 1.55. The molecule has 0 heterocycles. The van der Waals surface area contributed by atoms with E-state index in [9.17, 15) is 9.59 Å². The number of rotatable bonds is 4. The maximum Gasteiger partial charge on any atom is 0.344 e. The number of ketones is 1. The maximum absolute atomic E-state index is 12.3. The summed E-state index contributed by atoms with van der Waals surface area (Å²) in [5, 5.41) is 12.8. The predicted molar refractivity (Wildman–Crippen MR) is 107 cm³/mol. The fourth-order valence-electron chi connectivity index (χ4n) is 7.48. The molecule has 1 N–H and O–H groups in total. The van der Waals surface area contributed by atoms with Crippen molar-refractivity contribution in [3.05, 3.63) is 11.6 Å². The van der Waals surface area contributed by atoms with Gasteiger partial charge in [0, 0.05) is 5.92 Å². The van der Waals surface area contributed by atoms with Gasteiger partial charge in [0.25, 0.3) is 0 Å². The van der Waals surface area contributed by atoms with Crippen LogP contribution >= 0.6 is 0 Å². The van der Waals surface area contributed by atoms with Crippen molar-refractivity contribution >= 4 is 17.5 Å². The number of carbonyl (C=O) groups excluding carboxylic acids is 1. The van der Waals surface area contributed by atoms with Gasteiger partial charge < -0.3 is 9.94 Å². The number of aliphatic carboxylic acids is 1. The highest BCUT2D eigenvalue weighted by atomic mass is 16.6. The molecule has 5 heteroatoms. The zero-order valence-corrected chi connectivity index (χ0v) is 17.4. The number of carboxylic acid groups (broad SMARTS) is 1. The van der Waals surface area contributed by atoms with Gasteiger partial charge in [0.2, 0.25) is 6.61 Å². The maximum atomic E-state index is 12.3. The van der Waals surface area contributed by atoms with Gasteiger partial charge in [-0.05, 0) is 93.0 Å². The van der Waals surface area contributed by atoms with Gasteiger partial charge in [0.15, 0.2) is 0 Å². The molecule has 4 rings (SSSR count). The Morgan fingerprint density at radius 2 is 1.93 bits per heavy atom. The van der Waals surface area contributed by atoms with Crippen LogP contribution in [-0.2, 0) is 14.4 Å². The summed E-state index contributed by atoms with van der Waals surface area (Å²) >= 11 is 0. The van der Waals surface area contributed by atoms with E-state index in [1.54, 1.807) is 6.92 Å². The van der Waals surface area contributed by atoms with Gasteiger partial charge in [-0.3, -0.25) is 4.79 Å². The van der Waals surface area contributed by atoms with Crippen molar-refractivity contribution in [2.24, 2.45) is 39.7 Å². The third kappa shape index (κ3) is 3.02. The summed E-state index contributed by atoms with van der Waals surface area (Å²) in [4.78, 5) is 27.8. The number of allylic oxidation sites excluding steroid dienone is 2. The quantitative estimate of drug-likeness (QED) is 0.715. The Morgan fingerprint density at radius 3 is 2.64 bits per heavy atom. The summed E-state index contributed by atoms with van der Waals surface area (Å²) in [5.74, 6) is 1.77. The monoisotopic (exact) mass is 387 g/mol. The molecule has 5 nitrogen and oxygen atoms in total. The molecule has 3 saturated carbocycles. The standard InChI is InChI=1S/C23H33NO4/c1-14(25)18-6-7-19-17-5-4-15-12-16(24-28-13-21(26)27)8-10-22(15,2)20(17)9-11-23(18,19)3/h12,17-20H,4-11,13H2,1-3H3,(H,26,27)/b24-16-/t17?,18-,19?,20?,22+,23-/m1/s1. The molecule has 3 fully saturated rings. The highest BCUT2D eigenvalue weighted by Gasteiger charge is 2.59. The lowest BCUT2D eigenvalue weighted by Gasteiger charge is -2.58. The zero-order chi connectivity index (χ0) is 20.1. The van der Waals surface area contributed by atoms with E-state index >= 15 is 0 Å². The third-order valence-electron chi connectivity index (χ3n) is 8.84. The number of hydrogen-bond acceptors (Lipinski definition) is 4. The topological polar surface area (TPSA) is 76.0 Å². The van der Waals surface area contributed by atoms with E-state index in [0.717, 1.165) is 37.3 Å². The minimum absolute atomic E-state index is 0.205. The summed E-state index contributed by atoms with van der Waals surface area (Å²) in [5.41, 5.74) is 2.77. The molecule has 0 amide bonds. The molecular formula is C23H33NO4. The Kier molecular flexibility index (Phi) is 4.91. The zero-order valence-electron chi connectivity index (χ0n) is 17.4. The van der Waals surface area contributed by atoms with E-state index in [-0.39, 0.29) is 23.4 Å². The van der Waals surface area contributed by atoms with Crippen LogP contribution in [-0.4, -0.2) is 29.2 Å². The Labute approximate surface area is 167 Å². The lowest BCUT2D eigenvalue weighted by molar-refractivity contribution is -0.142. The Morgan fingerprint density at radius 1 is 1.14 bits per heavy atom. The molecule has 28 heavy (non-hydrogen) atoms. The molecule has 0 aromatic heterocycles. The molecule has 0 radical (unpaired) electrons. The third-order valence-corrected chi connectivity index (χ3v) is 8.84. The summed E-state index contributed by atoms with van der Waals surface area (Å²) in [6.07, 6.45) is 11.1. The van der Waals surface area contributed by atoms with Gasteiger partial charge >= 0.3 is 5.97 Å². The van der Waals surface area contributed by atoms with Gasteiger partial charge in [0.05, 0.1) is 5.71 Å². The van der Waals surface area contributed by atoms with Gasteiger partial charge in [-0.1, -0.05) is 24.6 Å². The average molecular weight is 388 g/mol. The molecule has 6 atom stereocenters. The van der Waals surface area contributed by atoms with Crippen LogP contribution in [0.1, 0.15) is 72.1 Å². The number of fused-ring (bicyclic) bond motifs is 5. The van der Waals surface area contributed by atoms with Crippen LogP contribution in [0.5, 0.6) is 0 Å². The van der Waals surface area contributed by atoms with Crippen molar-refractivity contribution in [1.29, 1.82) is 0 Å². The molecule has 0 bridgehead atoms. The number of carbonyl (C=O) groups is 2. The van der Waals surface area contributed by atoms with Crippen LogP contribution < -0.4 is 0 Å². The Bertz CT molecular complexity index is 741. The van der Waals surface area contributed by atoms with Crippen LogP contribution in [0.2, 0.25) is 0 Å². The van der Waals surface area contributed by atoms with Crippen molar-refractivity contribution in [3.63, 3.8) is 0 Å². The molecule has 3 unspecified atom stereocenters. The molecule has 0 aromatic carbocycles. The van der Waals surface area contributed by atoms with Gasteiger partial charge in [-0.25, -0.2) is 4.79 Å². The van der Waals surface area contributed by atoms with E-state index in [0.29, 0.717) is 17.6 Å². The van der Waals surface area contributed by atoms with Gasteiger partial charge in [-0.2, -0.15) is 0 Å². The van der Waals surface area contributed by atoms with Gasteiger partial charge in [-0.15, -0.1) is 0 Å². The van der Waals surface area contributed by atoms with Crippen molar-refractivity contribution in [2.75, 3.05) is 6.61 Å². The summed E-state index contributed by atoms with van der Waals surface area (Å²) in [6, 6.07) is 0. The van der Waals surface area contributed by atoms with E-state index in [1.807, 2.05) is 0 Å². The molecule has 0 saturated heterocycles. The summed E-state index contributed by atoms with van der Waals surface area (Å²) < 4.78 is 0. The van der Waals surface area contributed by atoms with E-state index in [4.69, 9.17) is 9.94 Å². The van der Waals surface area contributed by atoms with Crippen molar-refractivity contribution in [3.8, 4) is 0 Å². The van der Waals surface area contributed by atoms with Crippen LogP contribution in [0.25, 0.3) is 0 Å². The number of Topliss-reactive ketones (excluding diaryl/α,β-unsaturated/α-hetero) is 1. The number of hydrogen-bond donors (Lipinski definition) is 1. The molecule has 0 spiro atoms. The van der Waals surface area contributed by atoms with Crippen molar-refractivity contribution in [2.45, 2.75) is 72.1 Å². The second kappa shape index (κ2) is 7.00.